The van der Waals surface area contributed by atoms with Gasteiger partial charge in [0.2, 0.25) is 0 Å². The maximum atomic E-state index is 4.65. The van der Waals surface area contributed by atoms with E-state index >= 15 is 0 Å². The van der Waals surface area contributed by atoms with Gasteiger partial charge in [0, 0.05) is 0 Å². The van der Waals surface area contributed by atoms with Crippen LogP contribution in [0.3, 0.4) is 0 Å². The van der Waals surface area contributed by atoms with Crippen molar-refractivity contribution < 1.29 is 44.8 Å². The number of hydrogen-bond acceptors (Lipinski definition) is 2. The summed E-state index contributed by atoms with van der Waals surface area (Å²) < 4.78 is 0. The first kappa shape index (κ1) is 52.8. The third-order valence-corrected chi connectivity index (χ3v) is 16.2. The molecule has 0 aliphatic carbocycles. The summed E-state index contributed by atoms with van der Waals surface area (Å²) in [6, 6.07) is 101. The number of hydrogen-bond donors (Lipinski definition) is 0. The first-order valence-corrected chi connectivity index (χ1v) is 25.9. The molecule has 0 fully saturated rings. The Morgan fingerprint density at radius 3 is 0.739 bits per heavy atom. The number of benzene rings is 8. The topological polar surface area (TPSA) is 25.8 Å². The van der Waals surface area contributed by atoms with E-state index in [1.54, 1.807) is 0 Å². The molecule has 2 heterocycles. The molecule has 6 heteroatoms. The number of nitrogens with zero attached hydrogens (tertiary/aromatic N) is 2. The zero-order chi connectivity index (χ0) is 45.6. The van der Waals surface area contributed by atoms with E-state index in [4.69, 9.17) is 0 Å². The average Bonchev–Trinajstić information content (AvgIpc) is 3.43. The molecule has 8 aromatic carbocycles. The van der Waals surface area contributed by atoms with Crippen molar-refractivity contribution in [2.45, 2.75) is 19.3 Å². The molecule has 0 saturated carbocycles. The van der Waals surface area contributed by atoms with Crippen LogP contribution < -0.4 is 21.2 Å². The summed E-state index contributed by atoms with van der Waals surface area (Å²) in [5.74, 6) is 0. The van der Waals surface area contributed by atoms with E-state index in [9.17, 15) is 0 Å². The molecule has 69 heavy (non-hydrogen) atoms. The fourth-order valence-electron chi connectivity index (χ4n) is 7.64. The second-order valence-electron chi connectivity index (χ2n) is 15.6. The summed E-state index contributed by atoms with van der Waals surface area (Å²) >= 11 is 0. The minimum atomic E-state index is -0.265. The van der Waals surface area contributed by atoms with Gasteiger partial charge in [0.1, 0.15) is 0 Å². The summed E-state index contributed by atoms with van der Waals surface area (Å²) in [5.41, 5.74) is 7.78. The van der Waals surface area contributed by atoms with Crippen LogP contribution in [-0.4, -0.2) is 22.3 Å². The Labute approximate surface area is 443 Å². The maximum absolute atomic E-state index is 4.65. The molecule has 2 nitrogen and oxygen atoms in total. The van der Waals surface area contributed by atoms with Crippen LogP contribution in [0.4, 0.5) is 0 Å². The van der Waals surface area contributed by atoms with Gasteiger partial charge in [0.25, 0.3) is 0 Å². The van der Waals surface area contributed by atoms with E-state index in [1.165, 1.54) is 52.8 Å². The fraction of sp³-hybridized carbons (Fsp3) is 0.0794. The zero-order valence-electron chi connectivity index (χ0n) is 38.2. The SMILES string of the molecule is [Au+3].[Au+3].[c-]1ccccc1-c1cccc(-c2[c-]cccc2)n1.[c-]1ccccc1-c1cccc(-c2[c-]cccc2)n1.c1ccc(P(CCCCCP(c2ccccc2)c2ccccc2)c2ccccc2)cc1. The van der Waals surface area contributed by atoms with Gasteiger partial charge in [0.05, 0.1) is 0 Å². The first-order chi connectivity index (χ1) is 33.3. The van der Waals surface area contributed by atoms with Crippen LogP contribution >= 0.6 is 15.8 Å². The van der Waals surface area contributed by atoms with E-state index in [0.29, 0.717) is 0 Å². The van der Waals surface area contributed by atoms with Crippen molar-refractivity contribution in [2.75, 3.05) is 12.3 Å². The molecule has 0 aliphatic heterocycles. The van der Waals surface area contributed by atoms with Crippen LogP contribution in [0.2, 0.25) is 0 Å². The summed E-state index contributed by atoms with van der Waals surface area (Å²) in [7, 11) is -0.530. The molecule has 2 aromatic heterocycles. The Balaban J connectivity index is 0.000000177. The molecule has 0 radical (unpaired) electrons. The van der Waals surface area contributed by atoms with Gasteiger partial charge in [-0.3, -0.25) is 0 Å². The van der Waals surface area contributed by atoms with Crippen molar-refractivity contribution in [1.82, 2.24) is 9.97 Å². The normalized spacial score (nSPS) is 10.3. The summed E-state index contributed by atoms with van der Waals surface area (Å²) in [4.78, 5) is 9.30. The molecule has 0 saturated heterocycles. The molecule has 0 amide bonds. The molecule has 344 valence electrons. The van der Waals surface area contributed by atoms with Crippen LogP contribution in [0.5, 0.6) is 0 Å². The smallest absolute Gasteiger partial charge is 0.345 e. The van der Waals surface area contributed by atoms with Crippen molar-refractivity contribution in [3.8, 4) is 45.0 Å². The second kappa shape index (κ2) is 29.4. The number of rotatable bonds is 14. The van der Waals surface area contributed by atoms with Crippen LogP contribution in [0, 0.1) is 24.3 Å². The predicted octanol–water partition coefficient (Wildman–Crippen LogP) is 14.4. The van der Waals surface area contributed by atoms with Crippen LogP contribution in [0.15, 0.2) is 255 Å². The first-order valence-electron chi connectivity index (χ1n) is 22.9. The van der Waals surface area contributed by atoms with E-state index in [0.717, 1.165) is 45.0 Å². The fourth-order valence-corrected chi connectivity index (χ4v) is 12.5. The molecular formula is C63H52Au2N2P2+2. The molecule has 0 N–H and O–H groups in total. The minimum absolute atomic E-state index is 0. The minimum Gasteiger partial charge on any atom is -0.345 e. The van der Waals surface area contributed by atoms with Crippen molar-refractivity contribution in [1.29, 1.82) is 0 Å². The standard InChI is InChI=1S/C29H30P2.2C17H11N.2Au/c1-6-16-26(17-7-1)30(27-18-8-2-9-19-27)24-14-5-15-25-31(28-20-10-3-11-21-28)29-22-12-4-13-23-29;2*1-3-8-14(9-4-1)16-12-7-13-17(18-16)15-10-5-2-6-11-15;;/h1-4,6-13,16-23H,5,14-15,24-25H2;2*1-8,10,12-13H;;/q;2*-2;2*+3. The Morgan fingerprint density at radius 2 is 0.507 bits per heavy atom. The number of pyridine rings is 2. The molecule has 0 atom stereocenters. The monoisotopic (exact) mass is 1290 g/mol. The van der Waals surface area contributed by atoms with E-state index in [2.05, 4.69) is 156 Å². The van der Waals surface area contributed by atoms with Gasteiger partial charge in [0.15, 0.2) is 0 Å². The maximum Gasteiger partial charge on any atom is 3.00 e. The van der Waals surface area contributed by atoms with Gasteiger partial charge in [-0.15, -0.1) is 144 Å². The third kappa shape index (κ3) is 16.2. The quantitative estimate of drug-likeness (QED) is 0.0469. The Bertz CT molecular complexity index is 2530. The van der Waals surface area contributed by atoms with Crippen LogP contribution in [-0.2, 0) is 44.8 Å². The molecular weight excluding hydrogens is 1240 g/mol. The van der Waals surface area contributed by atoms with Gasteiger partial charge in [-0.25, -0.2) is 0 Å². The van der Waals surface area contributed by atoms with Crippen molar-refractivity contribution in [3.63, 3.8) is 0 Å². The van der Waals surface area contributed by atoms with Crippen molar-refractivity contribution >= 4 is 37.1 Å². The van der Waals surface area contributed by atoms with E-state index < -0.39 is 0 Å². The van der Waals surface area contributed by atoms with Crippen LogP contribution in [0.1, 0.15) is 19.3 Å². The molecule has 10 aromatic rings. The molecule has 0 spiro atoms. The molecule has 0 bridgehead atoms. The molecule has 0 unspecified atom stereocenters. The molecule has 10 rings (SSSR count). The summed E-state index contributed by atoms with van der Waals surface area (Å²) in [6.07, 6.45) is 6.44. The molecule has 0 aliphatic rings. The summed E-state index contributed by atoms with van der Waals surface area (Å²) in [5, 5.41) is 6.00. The van der Waals surface area contributed by atoms with Crippen molar-refractivity contribution in [2.24, 2.45) is 0 Å². The van der Waals surface area contributed by atoms with E-state index in [1.807, 2.05) is 133 Å². The van der Waals surface area contributed by atoms with Gasteiger partial charge in [-0.1, -0.05) is 164 Å². The van der Waals surface area contributed by atoms with Gasteiger partial charge >= 0.3 is 44.8 Å². The second-order valence-corrected chi connectivity index (χ2v) is 20.3. The third-order valence-electron chi connectivity index (χ3n) is 11.0. The van der Waals surface area contributed by atoms with Gasteiger partial charge in [-0.05, 0) is 85.0 Å². The van der Waals surface area contributed by atoms with Gasteiger partial charge < -0.3 is 9.97 Å². The van der Waals surface area contributed by atoms with Crippen LogP contribution in [0.25, 0.3) is 45.0 Å². The van der Waals surface area contributed by atoms with Crippen molar-refractivity contribution in [3.05, 3.63) is 279 Å². The predicted molar refractivity (Wildman–Crippen MR) is 287 cm³/mol. The Morgan fingerprint density at radius 1 is 0.261 bits per heavy atom. The Kier molecular flexibility index (Phi) is 22.5. The largest absolute Gasteiger partial charge is 3.00 e. The van der Waals surface area contributed by atoms with Gasteiger partial charge in [-0.2, -0.15) is 0 Å². The average molecular weight is 1290 g/mol. The summed E-state index contributed by atoms with van der Waals surface area (Å²) in [6.45, 7) is 0. The zero-order valence-corrected chi connectivity index (χ0v) is 44.3. The number of unbranched alkanes of at least 4 members (excludes halogenated alkanes) is 2. The number of aromatic nitrogens is 2. The van der Waals surface area contributed by atoms with E-state index in [-0.39, 0.29) is 60.6 Å². The Hall–Kier alpha value is -5.60.